The molecular formula is C22H24ClNO3. The van der Waals surface area contributed by atoms with Crippen molar-refractivity contribution in [2.24, 2.45) is 5.41 Å². The van der Waals surface area contributed by atoms with Crippen molar-refractivity contribution in [2.45, 2.75) is 31.7 Å². The number of hydrogen-bond donors (Lipinski definition) is 1. The Kier molecular flexibility index (Phi) is 5.11. The van der Waals surface area contributed by atoms with Crippen LogP contribution in [0.1, 0.15) is 36.3 Å². The second kappa shape index (κ2) is 7.53. The highest BCUT2D eigenvalue weighted by molar-refractivity contribution is 6.30. The minimum atomic E-state index is -0.259. The molecule has 5 heteroatoms. The van der Waals surface area contributed by atoms with Gasteiger partial charge in [-0.1, -0.05) is 41.9 Å². The van der Waals surface area contributed by atoms with E-state index >= 15 is 0 Å². The summed E-state index contributed by atoms with van der Waals surface area (Å²) in [5, 5.41) is 10.4. The SMILES string of the molecule is O=C(C1CCOc2ccc(Cl)cc21)N(Cc1ccccc1)CC1(CO)CC1. The molecule has 0 radical (unpaired) electrons. The molecule has 2 aliphatic rings. The molecule has 1 N–H and O–H groups in total. The van der Waals surface area contributed by atoms with Crippen molar-refractivity contribution in [2.75, 3.05) is 19.8 Å². The molecule has 1 aliphatic heterocycles. The molecule has 1 atom stereocenters. The first kappa shape index (κ1) is 18.3. The second-order valence-electron chi connectivity index (χ2n) is 7.71. The number of ether oxygens (including phenoxy) is 1. The molecule has 1 unspecified atom stereocenters. The van der Waals surface area contributed by atoms with Gasteiger partial charge in [-0.15, -0.1) is 0 Å². The Hall–Kier alpha value is -2.04. The molecule has 4 nitrogen and oxygen atoms in total. The Morgan fingerprint density at radius 1 is 1.22 bits per heavy atom. The molecule has 2 aromatic carbocycles. The lowest BCUT2D eigenvalue weighted by molar-refractivity contribution is -0.135. The van der Waals surface area contributed by atoms with Gasteiger partial charge in [0.25, 0.3) is 0 Å². The van der Waals surface area contributed by atoms with Gasteiger partial charge in [-0.2, -0.15) is 0 Å². The summed E-state index contributed by atoms with van der Waals surface area (Å²) in [5.74, 6) is 0.572. The molecule has 1 fully saturated rings. The quantitative estimate of drug-likeness (QED) is 0.817. The monoisotopic (exact) mass is 385 g/mol. The first-order valence-electron chi connectivity index (χ1n) is 9.46. The summed E-state index contributed by atoms with van der Waals surface area (Å²) in [5.41, 5.74) is 1.83. The number of aliphatic hydroxyl groups excluding tert-OH is 1. The molecule has 0 saturated heterocycles. The predicted octanol–water partition coefficient (Wildman–Crippen LogP) is 4.01. The Morgan fingerprint density at radius 2 is 2.00 bits per heavy atom. The minimum Gasteiger partial charge on any atom is -0.493 e. The highest BCUT2D eigenvalue weighted by Crippen LogP contribution is 2.46. The Morgan fingerprint density at radius 3 is 2.70 bits per heavy atom. The minimum absolute atomic E-state index is 0.0883. The van der Waals surface area contributed by atoms with Gasteiger partial charge in [0, 0.05) is 29.1 Å². The maximum Gasteiger partial charge on any atom is 0.230 e. The third kappa shape index (κ3) is 3.97. The first-order chi connectivity index (χ1) is 13.1. The largest absolute Gasteiger partial charge is 0.493 e. The fraction of sp³-hybridized carbons (Fsp3) is 0.409. The molecule has 27 heavy (non-hydrogen) atoms. The highest BCUT2D eigenvalue weighted by Gasteiger charge is 2.45. The van der Waals surface area contributed by atoms with Crippen LogP contribution in [0.2, 0.25) is 5.02 Å². The molecule has 0 spiro atoms. The second-order valence-corrected chi connectivity index (χ2v) is 8.15. The molecular weight excluding hydrogens is 362 g/mol. The number of hydrogen-bond acceptors (Lipinski definition) is 3. The third-order valence-electron chi connectivity index (χ3n) is 5.66. The molecule has 4 rings (SSSR count). The lowest BCUT2D eigenvalue weighted by Gasteiger charge is -2.33. The summed E-state index contributed by atoms with van der Waals surface area (Å²) in [4.78, 5) is 15.5. The van der Waals surface area contributed by atoms with E-state index in [0.717, 1.165) is 29.7 Å². The van der Waals surface area contributed by atoms with Gasteiger partial charge in [0.1, 0.15) is 5.75 Å². The fourth-order valence-corrected chi connectivity index (χ4v) is 3.99. The number of halogens is 1. The lowest BCUT2D eigenvalue weighted by Crippen LogP contribution is -2.41. The summed E-state index contributed by atoms with van der Waals surface area (Å²) >= 11 is 6.18. The van der Waals surface area contributed by atoms with E-state index in [0.29, 0.717) is 31.1 Å². The number of aliphatic hydroxyl groups is 1. The van der Waals surface area contributed by atoms with Crippen molar-refractivity contribution >= 4 is 17.5 Å². The van der Waals surface area contributed by atoms with E-state index in [9.17, 15) is 9.90 Å². The molecule has 0 aromatic heterocycles. The summed E-state index contributed by atoms with van der Waals surface area (Å²) < 4.78 is 5.72. The third-order valence-corrected chi connectivity index (χ3v) is 5.89. The van der Waals surface area contributed by atoms with Gasteiger partial charge < -0.3 is 14.7 Å². The Bertz CT molecular complexity index is 820. The van der Waals surface area contributed by atoms with Crippen LogP contribution in [0.3, 0.4) is 0 Å². The van der Waals surface area contributed by atoms with E-state index in [1.54, 1.807) is 6.07 Å². The van der Waals surface area contributed by atoms with E-state index in [1.165, 1.54) is 0 Å². The van der Waals surface area contributed by atoms with Gasteiger partial charge in [0.15, 0.2) is 0 Å². The maximum absolute atomic E-state index is 13.5. The van der Waals surface area contributed by atoms with Gasteiger partial charge in [0.05, 0.1) is 19.1 Å². The Balaban J connectivity index is 1.62. The molecule has 1 aliphatic carbocycles. The number of carbonyl (C=O) groups is 1. The number of amides is 1. The van der Waals surface area contributed by atoms with Crippen LogP contribution in [0, 0.1) is 5.41 Å². The summed E-state index contributed by atoms with van der Waals surface area (Å²) in [7, 11) is 0. The van der Waals surface area contributed by atoms with Crippen molar-refractivity contribution in [3.8, 4) is 5.75 Å². The number of fused-ring (bicyclic) bond motifs is 1. The summed E-state index contributed by atoms with van der Waals surface area (Å²) in [6.45, 7) is 1.79. The predicted molar refractivity (Wildman–Crippen MR) is 105 cm³/mol. The van der Waals surface area contributed by atoms with Gasteiger partial charge in [-0.25, -0.2) is 0 Å². The summed E-state index contributed by atoms with van der Waals surface area (Å²) in [6.07, 6.45) is 2.58. The fourth-order valence-electron chi connectivity index (χ4n) is 3.81. The molecule has 1 saturated carbocycles. The number of nitrogens with zero attached hydrogens (tertiary/aromatic N) is 1. The van der Waals surface area contributed by atoms with E-state index in [-0.39, 0.29) is 23.8 Å². The lowest BCUT2D eigenvalue weighted by atomic mass is 9.91. The molecule has 0 bridgehead atoms. The molecule has 2 aromatic rings. The molecule has 1 amide bonds. The van der Waals surface area contributed by atoms with Crippen molar-refractivity contribution in [1.82, 2.24) is 4.90 Å². The Labute approximate surface area is 164 Å². The number of carbonyl (C=O) groups excluding carboxylic acids is 1. The van der Waals surface area contributed by atoms with Crippen LogP contribution in [0.15, 0.2) is 48.5 Å². The average Bonchev–Trinajstić information content (AvgIpc) is 3.47. The van der Waals surface area contributed by atoms with Crippen LogP contribution in [-0.4, -0.2) is 35.7 Å². The van der Waals surface area contributed by atoms with Gasteiger partial charge >= 0.3 is 0 Å². The van der Waals surface area contributed by atoms with Crippen molar-refractivity contribution < 1.29 is 14.6 Å². The normalized spacial score (nSPS) is 19.7. The zero-order chi connectivity index (χ0) is 18.9. The number of benzene rings is 2. The van der Waals surface area contributed by atoms with Crippen molar-refractivity contribution in [1.29, 1.82) is 0 Å². The van der Waals surface area contributed by atoms with E-state index in [4.69, 9.17) is 16.3 Å². The van der Waals surface area contributed by atoms with Crippen LogP contribution in [-0.2, 0) is 11.3 Å². The topological polar surface area (TPSA) is 49.8 Å². The van der Waals surface area contributed by atoms with E-state index in [2.05, 4.69) is 0 Å². The van der Waals surface area contributed by atoms with Gasteiger partial charge in [0.2, 0.25) is 5.91 Å². The zero-order valence-corrected chi connectivity index (χ0v) is 16.0. The maximum atomic E-state index is 13.5. The first-order valence-corrected chi connectivity index (χ1v) is 9.84. The van der Waals surface area contributed by atoms with Gasteiger partial charge in [-0.3, -0.25) is 4.79 Å². The highest BCUT2D eigenvalue weighted by atomic mass is 35.5. The summed E-state index contributed by atoms with van der Waals surface area (Å²) in [6, 6.07) is 15.5. The van der Waals surface area contributed by atoms with Crippen molar-refractivity contribution in [3.05, 3.63) is 64.7 Å². The van der Waals surface area contributed by atoms with Crippen LogP contribution >= 0.6 is 11.6 Å². The van der Waals surface area contributed by atoms with E-state index in [1.807, 2.05) is 47.4 Å². The molecule has 1 heterocycles. The zero-order valence-electron chi connectivity index (χ0n) is 15.2. The van der Waals surface area contributed by atoms with Crippen LogP contribution in [0.25, 0.3) is 0 Å². The standard InChI is InChI=1S/C22H24ClNO3/c23-17-6-7-20-19(12-17)18(8-11-27-20)21(26)24(14-22(15-25)9-10-22)13-16-4-2-1-3-5-16/h1-7,12,18,25H,8-11,13-15H2. The van der Waals surface area contributed by atoms with Gasteiger partial charge in [-0.05, 0) is 43.0 Å². The number of rotatable bonds is 6. The van der Waals surface area contributed by atoms with Crippen LogP contribution in [0.5, 0.6) is 5.75 Å². The van der Waals surface area contributed by atoms with Crippen molar-refractivity contribution in [3.63, 3.8) is 0 Å². The smallest absolute Gasteiger partial charge is 0.230 e. The van der Waals surface area contributed by atoms with Crippen LogP contribution < -0.4 is 4.74 Å². The molecule has 142 valence electrons. The average molecular weight is 386 g/mol. The van der Waals surface area contributed by atoms with E-state index < -0.39 is 0 Å². The van der Waals surface area contributed by atoms with Crippen LogP contribution in [0.4, 0.5) is 0 Å².